The Kier molecular flexibility index (Phi) is 15.0. The summed E-state index contributed by atoms with van der Waals surface area (Å²) in [4.78, 5) is 24.3. The van der Waals surface area contributed by atoms with Gasteiger partial charge in [-0.25, -0.2) is 19.9 Å². The van der Waals surface area contributed by atoms with E-state index in [0.717, 1.165) is 88.3 Å². The maximum Gasteiger partial charge on any atom is 0.113 e. The highest BCUT2D eigenvalue weighted by molar-refractivity contribution is 9.10. The first-order valence-electron chi connectivity index (χ1n) is 33.4. The van der Waals surface area contributed by atoms with Crippen LogP contribution in [-0.2, 0) is 0 Å². The van der Waals surface area contributed by atoms with Gasteiger partial charge in [0.25, 0.3) is 0 Å². The second kappa shape index (κ2) is 25.1. The summed E-state index contributed by atoms with van der Waals surface area (Å²) in [5.41, 5.74) is 21.9. The molecule has 0 unspecified atom stereocenters. The van der Waals surface area contributed by atoms with Gasteiger partial charge in [0, 0.05) is 59.3 Å². The van der Waals surface area contributed by atoms with Crippen molar-refractivity contribution >= 4 is 125 Å². The van der Waals surface area contributed by atoms with Crippen LogP contribution in [0.3, 0.4) is 0 Å². The highest BCUT2D eigenvalue weighted by Crippen LogP contribution is 2.46. The van der Waals surface area contributed by atoms with Crippen LogP contribution in [0.2, 0.25) is 0 Å². The van der Waals surface area contributed by atoms with Crippen molar-refractivity contribution in [1.29, 1.82) is 0 Å². The molecule has 0 aliphatic carbocycles. The van der Waals surface area contributed by atoms with Gasteiger partial charge in [-0.2, -0.15) is 0 Å². The number of fused-ring (bicyclic) bond motifs is 16. The lowest BCUT2D eigenvalue weighted by Crippen LogP contribution is -2.01. The zero-order valence-corrected chi connectivity index (χ0v) is 55.2. The van der Waals surface area contributed by atoms with Gasteiger partial charge in [-0.15, -0.1) is 0 Å². The summed E-state index contributed by atoms with van der Waals surface area (Å²) in [5, 5.41) is 15.3. The minimum absolute atomic E-state index is 0.857. The minimum atomic E-state index is 0.857. The van der Waals surface area contributed by atoms with Gasteiger partial charge in [0.2, 0.25) is 0 Å². The Balaban J connectivity index is 0.000000119. The second-order valence-electron chi connectivity index (χ2n) is 24.9. The highest BCUT2D eigenvalue weighted by Gasteiger charge is 2.24. The molecule has 0 fully saturated rings. The molecule has 4 heterocycles. The number of aromatic amines is 1. The number of benzene rings is 16. The number of nitrogens with zero attached hydrogens (tertiary/aromatic N) is 5. The van der Waals surface area contributed by atoms with E-state index in [-0.39, 0.29) is 0 Å². The molecule has 0 radical (unpaired) electrons. The van der Waals surface area contributed by atoms with E-state index < -0.39 is 0 Å². The van der Waals surface area contributed by atoms with Crippen LogP contribution in [0.15, 0.2) is 356 Å². The lowest BCUT2D eigenvalue weighted by Gasteiger charge is -2.15. The average Bonchev–Trinajstić information content (AvgIpc) is 1.56. The van der Waals surface area contributed by atoms with Gasteiger partial charge in [-0.3, -0.25) is 0 Å². The van der Waals surface area contributed by atoms with E-state index in [1.54, 1.807) is 0 Å². The van der Waals surface area contributed by atoms with Crippen LogP contribution in [0.5, 0.6) is 0 Å². The Labute approximate surface area is 579 Å². The molecule has 20 rings (SSSR count). The zero-order valence-electron chi connectivity index (χ0n) is 53.6. The van der Waals surface area contributed by atoms with E-state index in [4.69, 9.17) is 19.9 Å². The SMILES string of the molecule is Brc1cccc2nc(-c3ccccc3)c(-c3ccccc3)nc12.c1ccc(-c2cc3[nH]c4ccc5ccccc5c4c3c3ccccc23)cc1.c1ccc(-c2nc3cccc(-n4c5ccc6ccccc6c5c5c6ccccc6c(-c6ccccc6)cc54)c3nc2-c2ccccc2)cc1. The molecule has 0 amide bonds. The van der Waals surface area contributed by atoms with Crippen LogP contribution in [0, 0.1) is 0 Å². The maximum absolute atomic E-state index is 5.51. The molecule has 20 aromatic rings. The van der Waals surface area contributed by atoms with Crippen molar-refractivity contribution in [3.8, 4) is 73.0 Å². The third kappa shape index (κ3) is 10.5. The van der Waals surface area contributed by atoms with E-state index >= 15 is 0 Å². The van der Waals surface area contributed by atoms with Gasteiger partial charge < -0.3 is 9.55 Å². The lowest BCUT2D eigenvalue weighted by atomic mass is 9.94. The molecule has 16 aromatic carbocycles. The Morgan fingerprint density at radius 2 is 0.626 bits per heavy atom. The molecule has 0 aliphatic heterocycles. The van der Waals surface area contributed by atoms with Crippen molar-refractivity contribution in [1.82, 2.24) is 29.5 Å². The van der Waals surface area contributed by atoms with E-state index in [0.29, 0.717) is 0 Å². The molecule has 464 valence electrons. The number of hydrogen-bond acceptors (Lipinski definition) is 4. The molecule has 0 saturated carbocycles. The third-order valence-electron chi connectivity index (χ3n) is 19.1. The molecular weight excluding hydrogens is 1270 g/mol. The first kappa shape index (κ1) is 58.9. The Morgan fingerprint density at radius 3 is 1.15 bits per heavy atom. The molecule has 0 atom stereocenters. The third-order valence-corrected chi connectivity index (χ3v) is 19.7. The first-order chi connectivity index (χ1) is 49.1. The van der Waals surface area contributed by atoms with Crippen molar-refractivity contribution < 1.29 is 0 Å². The molecule has 0 spiro atoms. The molecular formula is C92H59BrN6. The summed E-state index contributed by atoms with van der Waals surface area (Å²) in [6.45, 7) is 0. The van der Waals surface area contributed by atoms with Crippen molar-refractivity contribution in [2.75, 3.05) is 0 Å². The normalized spacial score (nSPS) is 11.5. The smallest absolute Gasteiger partial charge is 0.113 e. The minimum Gasteiger partial charge on any atom is -0.354 e. The quantitative estimate of drug-likeness (QED) is 0.173. The van der Waals surface area contributed by atoms with E-state index in [9.17, 15) is 0 Å². The summed E-state index contributed by atoms with van der Waals surface area (Å²) < 4.78 is 3.38. The topological polar surface area (TPSA) is 72.3 Å². The highest BCUT2D eigenvalue weighted by atomic mass is 79.9. The number of nitrogens with one attached hydrogen (secondary N) is 1. The van der Waals surface area contributed by atoms with Crippen LogP contribution in [0.25, 0.3) is 182 Å². The fraction of sp³-hybridized carbons (Fsp3) is 0. The van der Waals surface area contributed by atoms with Crippen molar-refractivity contribution in [2.24, 2.45) is 0 Å². The number of aromatic nitrogens is 6. The summed E-state index contributed by atoms with van der Waals surface area (Å²) >= 11 is 3.58. The summed E-state index contributed by atoms with van der Waals surface area (Å²) in [6, 6.07) is 124. The fourth-order valence-corrected chi connectivity index (χ4v) is 15.1. The molecule has 4 aromatic heterocycles. The van der Waals surface area contributed by atoms with Crippen LogP contribution < -0.4 is 0 Å². The van der Waals surface area contributed by atoms with E-state index in [2.05, 4.69) is 311 Å². The Hall–Kier alpha value is -12.7. The summed E-state index contributed by atoms with van der Waals surface area (Å²) in [7, 11) is 0. The molecule has 99 heavy (non-hydrogen) atoms. The average molecular weight is 1330 g/mol. The molecule has 1 N–H and O–H groups in total. The molecule has 0 bridgehead atoms. The zero-order chi connectivity index (χ0) is 65.8. The van der Waals surface area contributed by atoms with Crippen LogP contribution in [-0.4, -0.2) is 29.5 Å². The van der Waals surface area contributed by atoms with Gasteiger partial charge in [0.05, 0.1) is 50.5 Å². The van der Waals surface area contributed by atoms with Gasteiger partial charge >= 0.3 is 0 Å². The molecule has 0 aliphatic rings. The van der Waals surface area contributed by atoms with Gasteiger partial charge in [-0.1, -0.05) is 303 Å². The molecule has 6 nitrogen and oxygen atoms in total. The largest absolute Gasteiger partial charge is 0.354 e. The predicted molar refractivity (Wildman–Crippen MR) is 420 cm³/mol. The van der Waals surface area contributed by atoms with Crippen LogP contribution in [0.1, 0.15) is 0 Å². The predicted octanol–water partition coefficient (Wildman–Crippen LogP) is 25.1. The maximum atomic E-state index is 5.51. The van der Waals surface area contributed by atoms with Crippen LogP contribution >= 0.6 is 15.9 Å². The van der Waals surface area contributed by atoms with Crippen LogP contribution in [0.4, 0.5) is 0 Å². The Morgan fingerprint density at radius 1 is 0.253 bits per heavy atom. The number of hydrogen-bond donors (Lipinski definition) is 1. The number of H-pyrrole nitrogens is 1. The second-order valence-corrected chi connectivity index (χ2v) is 25.8. The Bertz CT molecular complexity index is 6460. The monoisotopic (exact) mass is 1330 g/mol. The van der Waals surface area contributed by atoms with Gasteiger partial charge in [-0.05, 0) is 130 Å². The standard InChI is InChI=1S/C46H29N3.C26H17N.C20H13BrN2/c1-4-15-30(16-5-1)37-29-41-43(36-24-13-12-23-35(36)37)42-34-22-11-10-17-31(34)27-28-39(42)49(41)40-26-14-25-38-46(40)48-45(33-20-8-3-9-21-33)44(47-38)32-18-6-2-7-19-32;1-2-8-17(9-3-1)22-16-24-26(21-13-7-6-12-20(21)22)25-19-11-5-4-10-18(19)14-15-23(25)27-24;21-16-12-7-13-17-20(16)23-19(15-10-5-2-6-11-15)18(22-17)14-8-3-1-4-9-14/h1-29H;1-16,27H;1-13H. The van der Waals surface area contributed by atoms with E-state index in [1.165, 1.54) is 97.9 Å². The first-order valence-corrected chi connectivity index (χ1v) is 34.2. The number of rotatable bonds is 7. The molecule has 0 saturated heterocycles. The van der Waals surface area contributed by atoms with Gasteiger partial charge in [0.15, 0.2) is 0 Å². The van der Waals surface area contributed by atoms with Crippen molar-refractivity contribution in [2.45, 2.75) is 0 Å². The lowest BCUT2D eigenvalue weighted by molar-refractivity contribution is 1.17. The summed E-state index contributed by atoms with van der Waals surface area (Å²) in [6.07, 6.45) is 0. The number of para-hydroxylation sites is 2. The molecule has 7 heteroatoms. The van der Waals surface area contributed by atoms with Crippen molar-refractivity contribution in [3.63, 3.8) is 0 Å². The summed E-state index contributed by atoms with van der Waals surface area (Å²) in [5.74, 6) is 0. The van der Waals surface area contributed by atoms with E-state index in [1.807, 2.05) is 66.7 Å². The van der Waals surface area contributed by atoms with Crippen molar-refractivity contribution in [3.05, 3.63) is 356 Å². The fourth-order valence-electron chi connectivity index (χ4n) is 14.6. The van der Waals surface area contributed by atoms with Gasteiger partial charge in [0.1, 0.15) is 11.0 Å². The number of halogens is 1.